The molecule has 0 bridgehead atoms. The minimum Gasteiger partial charge on any atom is -0.374 e. The SMILES string of the molecule is Cc1[nH]c2ccccc2c1[C@H](Nc1cccc([N+](=O)[O-])c1)c1cccnc1. The van der Waals surface area contributed by atoms with Gasteiger partial charge in [0.15, 0.2) is 0 Å². The fourth-order valence-electron chi connectivity index (χ4n) is 3.42. The highest BCUT2D eigenvalue weighted by molar-refractivity contribution is 5.86. The molecule has 27 heavy (non-hydrogen) atoms. The molecule has 0 aliphatic rings. The number of aromatic amines is 1. The van der Waals surface area contributed by atoms with Crippen LogP contribution in [0.25, 0.3) is 10.9 Å². The molecule has 0 amide bonds. The maximum Gasteiger partial charge on any atom is 0.271 e. The summed E-state index contributed by atoms with van der Waals surface area (Å²) in [6, 6.07) is 18.4. The maximum absolute atomic E-state index is 11.1. The number of H-pyrrole nitrogens is 1. The van der Waals surface area contributed by atoms with Crippen LogP contribution in [0.5, 0.6) is 0 Å². The number of aryl methyl sites for hydroxylation is 1. The summed E-state index contributed by atoms with van der Waals surface area (Å²) in [6.45, 7) is 2.04. The van der Waals surface area contributed by atoms with Gasteiger partial charge in [0.1, 0.15) is 0 Å². The summed E-state index contributed by atoms with van der Waals surface area (Å²) in [7, 11) is 0. The lowest BCUT2D eigenvalue weighted by Gasteiger charge is -2.21. The van der Waals surface area contributed by atoms with Gasteiger partial charge in [-0.05, 0) is 30.7 Å². The van der Waals surface area contributed by atoms with Gasteiger partial charge >= 0.3 is 0 Å². The molecule has 0 spiro atoms. The lowest BCUT2D eigenvalue weighted by molar-refractivity contribution is -0.384. The smallest absolute Gasteiger partial charge is 0.271 e. The van der Waals surface area contributed by atoms with Gasteiger partial charge in [-0.1, -0.05) is 30.3 Å². The standard InChI is InChI=1S/C21H18N4O2/c1-14-20(18-9-2-3-10-19(18)23-14)21(15-6-5-11-22-13-15)24-16-7-4-8-17(12-16)25(26)27/h2-13,21,23-24H,1H3/t21-/m1/s1. The number of anilines is 1. The Labute approximate surface area is 156 Å². The van der Waals surface area contributed by atoms with Gasteiger partial charge in [-0.3, -0.25) is 15.1 Å². The van der Waals surface area contributed by atoms with Crippen molar-refractivity contribution in [2.75, 3.05) is 5.32 Å². The third-order valence-corrected chi connectivity index (χ3v) is 4.62. The van der Waals surface area contributed by atoms with Crippen LogP contribution in [-0.2, 0) is 0 Å². The fraction of sp³-hybridized carbons (Fsp3) is 0.0952. The summed E-state index contributed by atoms with van der Waals surface area (Å²) >= 11 is 0. The Balaban J connectivity index is 1.84. The predicted octanol–water partition coefficient (Wildman–Crippen LogP) is 4.98. The number of aromatic nitrogens is 2. The number of fused-ring (bicyclic) bond motifs is 1. The monoisotopic (exact) mass is 358 g/mol. The molecule has 0 unspecified atom stereocenters. The molecule has 1 atom stereocenters. The van der Waals surface area contributed by atoms with Crippen LogP contribution >= 0.6 is 0 Å². The van der Waals surface area contributed by atoms with Crippen molar-refractivity contribution in [3.63, 3.8) is 0 Å². The average molecular weight is 358 g/mol. The second-order valence-electron chi connectivity index (χ2n) is 6.38. The van der Waals surface area contributed by atoms with Gasteiger partial charge in [0.05, 0.1) is 11.0 Å². The second-order valence-corrected chi connectivity index (χ2v) is 6.38. The zero-order valence-corrected chi connectivity index (χ0v) is 14.7. The van der Waals surface area contributed by atoms with Crippen molar-refractivity contribution >= 4 is 22.3 Å². The minimum absolute atomic E-state index is 0.0561. The highest BCUT2D eigenvalue weighted by Gasteiger charge is 2.21. The van der Waals surface area contributed by atoms with Gasteiger partial charge in [0.2, 0.25) is 0 Å². The number of hydrogen-bond acceptors (Lipinski definition) is 4. The van der Waals surface area contributed by atoms with Crippen molar-refractivity contribution in [1.82, 2.24) is 9.97 Å². The van der Waals surface area contributed by atoms with E-state index in [1.807, 2.05) is 49.5 Å². The Morgan fingerprint density at radius 2 is 1.96 bits per heavy atom. The van der Waals surface area contributed by atoms with Crippen LogP contribution in [0, 0.1) is 17.0 Å². The Morgan fingerprint density at radius 1 is 1.11 bits per heavy atom. The molecule has 0 saturated carbocycles. The molecule has 4 aromatic rings. The molecule has 2 N–H and O–H groups in total. The number of nitrogens with zero attached hydrogens (tertiary/aromatic N) is 2. The number of para-hydroxylation sites is 1. The Hall–Kier alpha value is -3.67. The first-order valence-corrected chi connectivity index (χ1v) is 8.61. The molecule has 2 aromatic carbocycles. The summed E-state index contributed by atoms with van der Waals surface area (Å²) < 4.78 is 0. The van der Waals surface area contributed by atoms with E-state index in [-0.39, 0.29) is 16.7 Å². The van der Waals surface area contributed by atoms with Crippen LogP contribution in [0.1, 0.15) is 22.9 Å². The van der Waals surface area contributed by atoms with E-state index < -0.39 is 0 Å². The minimum atomic E-state index is -0.388. The van der Waals surface area contributed by atoms with Crippen LogP contribution in [0.15, 0.2) is 73.1 Å². The molecular formula is C21H18N4O2. The van der Waals surface area contributed by atoms with Crippen LogP contribution < -0.4 is 5.32 Å². The van der Waals surface area contributed by atoms with E-state index in [1.165, 1.54) is 6.07 Å². The van der Waals surface area contributed by atoms with Gasteiger partial charge < -0.3 is 10.3 Å². The average Bonchev–Trinajstić information content (AvgIpc) is 3.02. The Kier molecular flexibility index (Phi) is 4.30. The molecular weight excluding hydrogens is 340 g/mol. The van der Waals surface area contributed by atoms with E-state index in [0.29, 0.717) is 5.69 Å². The van der Waals surface area contributed by atoms with Crippen molar-refractivity contribution in [1.29, 1.82) is 0 Å². The molecule has 0 aliphatic heterocycles. The molecule has 0 radical (unpaired) electrons. The summed E-state index contributed by atoms with van der Waals surface area (Å²) in [5, 5.41) is 15.7. The first kappa shape index (κ1) is 16.8. The molecule has 6 heteroatoms. The quantitative estimate of drug-likeness (QED) is 0.389. The lowest BCUT2D eigenvalue weighted by Crippen LogP contribution is -2.13. The third-order valence-electron chi connectivity index (χ3n) is 4.62. The summed E-state index contributed by atoms with van der Waals surface area (Å²) in [5.41, 5.74) is 4.92. The zero-order valence-electron chi connectivity index (χ0n) is 14.7. The maximum atomic E-state index is 11.1. The first-order valence-electron chi connectivity index (χ1n) is 8.61. The van der Waals surface area contributed by atoms with E-state index in [0.717, 1.165) is 27.7 Å². The number of rotatable bonds is 5. The second kappa shape index (κ2) is 6.92. The highest BCUT2D eigenvalue weighted by atomic mass is 16.6. The first-order chi connectivity index (χ1) is 13.1. The van der Waals surface area contributed by atoms with Gasteiger partial charge in [0.25, 0.3) is 5.69 Å². The number of nitrogens with one attached hydrogen (secondary N) is 2. The Morgan fingerprint density at radius 3 is 2.74 bits per heavy atom. The number of non-ortho nitro benzene ring substituents is 1. The van der Waals surface area contributed by atoms with Crippen molar-refractivity contribution in [3.8, 4) is 0 Å². The van der Waals surface area contributed by atoms with E-state index in [1.54, 1.807) is 18.3 Å². The van der Waals surface area contributed by atoms with Crippen molar-refractivity contribution in [2.45, 2.75) is 13.0 Å². The molecule has 0 fully saturated rings. The van der Waals surface area contributed by atoms with Gasteiger partial charge in [-0.2, -0.15) is 0 Å². The van der Waals surface area contributed by atoms with Gasteiger partial charge in [-0.25, -0.2) is 0 Å². The van der Waals surface area contributed by atoms with E-state index in [9.17, 15) is 10.1 Å². The van der Waals surface area contributed by atoms with Crippen LogP contribution in [0.3, 0.4) is 0 Å². The van der Waals surface area contributed by atoms with Crippen LogP contribution in [0.2, 0.25) is 0 Å². The summed E-state index contributed by atoms with van der Waals surface area (Å²) in [4.78, 5) is 18.4. The topological polar surface area (TPSA) is 83.8 Å². The molecule has 4 rings (SSSR count). The normalized spacial score (nSPS) is 12.0. The number of benzene rings is 2. The molecule has 2 aromatic heterocycles. The number of nitro groups is 1. The summed E-state index contributed by atoms with van der Waals surface area (Å²) in [5.74, 6) is 0. The van der Waals surface area contributed by atoms with E-state index in [4.69, 9.17) is 0 Å². The molecule has 2 heterocycles. The van der Waals surface area contributed by atoms with Crippen LogP contribution in [0.4, 0.5) is 11.4 Å². The third kappa shape index (κ3) is 3.25. The van der Waals surface area contributed by atoms with E-state index >= 15 is 0 Å². The number of hydrogen-bond donors (Lipinski definition) is 2. The predicted molar refractivity (Wildman–Crippen MR) is 106 cm³/mol. The molecule has 134 valence electrons. The van der Waals surface area contributed by atoms with Gasteiger partial charge in [0, 0.05) is 52.4 Å². The molecule has 6 nitrogen and oxygen atoms in total. The lowest BCUT2D eigenvalue weighted by atomic mass is 9.97. The van der Waals surface area contributed by atoms with Gasteiger partial charge in [-0.15, -0.1) is 0 Å². The van der Waals surface area contributed by atoms with Crippen molar-refractivity contribution in [3.05, 3.63) is 100.0 Å². The van der Waals surface area contributed by atoms with E-state index in [2.05, 4.69) is 21.4 Å². The number of pyridine rings is 1. The molecule has 0 saturated heterocycles. The van der Waals surface area contributed by atoms with Crippen molar-refractivity contribution in [2.24, 2.45) is 0 Å². The van der Waals surface area contributed by atoms with Crippen LogP contribution in [-0.4, -0.2) is 14.9 Å². The summed E-state index contributed by atoms with van der Waals surface area (Å²) in [6.07, 6.45) is 3.55. The molecule has 0 aliphatic carbocycles. The van der Waals surface area contributed by atoms with Crippen molar-refractivity contribution < 1.29 is 4.92 Å². The zero-order chi connectivity index (χ0) is 18.8. The Bertz CT molecular complexity index is 1110. The fourth-order valence-corrected chi connectivity index (χ4v) is 3.42. The number of nitro benzene ring substituents is 1. The largest absolute Gasteiger partial charge is 0.374 e. The highest BCUT2D eigenvalue weighted by Crippen LogP contribution is 2.34.